The molecule has 29 heavy (non-hydrogen) atoms. The summed E-state index contributed by atoms with van der Waals surface area (Å²) in [5.41, 5.74) is 1.73. The monoisotopic (exact) mass is 395 g/mol. The predicted octanol–water partition coefficient (Wildman–Crippen LogP) is 2.21. The Morgan fingerprint density at radius 1 is 1.21 bits per heavy atom. The molecular formula is C20H21N5O4. The van der Waals surface area contributed by atoms with Crippen molar-refractivity contribution in [3.63, 3.8) is 0 Å². The third kappa shape index (κ3) is 3.90. The molecule has 3 heterocycles. The summed E-state index contributed by atoms with van der Waals surface area (Å²) in [4.78, 5) is 32.2. The summed E-state index contributed by atoms with van der Waals surface area (Å²) in [6.07, 6.45) is 3.97. The van der Waals surface area contributed by atoms with Gasteiger partial charge in [0.25, 0.3) is 11.6 Å². The molecule has 1 amide bonds. The summed E-state index contributed by atoms with van der Waals surface area (Å²) in [5.74, 6) is 0.0763. The molecule has 2 aromatic heterocycles. The van der Waals surface area contributed by atoms with E-state index in [1.54, 1.807) is 4.90 Å². The van der Waals surface area contributed by atoms with Crippen molar-refractivity contribution in [1.82, 2.24) is 19.2 Å². The first-order valence-electron chi connectivity index (χ1n) is 9.32. The number of hydrogen-bond acceptors (Lipinski definition) is 6. The summed E-state index contributed by atoms with van der Waals surface area (Å²) >= 11 is 0. The van der Waals surface area contributed by atoms with E-state index in [1.807, 2.05) is 35.0 Å². The van der Waals surface area contributed by atoms with E-state index in [2.05, 4.69) is 9.88 Å². The molecule has 9 heteroatoms. The number of carbonyl (C=O) groups excluding carboxylic acids is 1. The second-order valence-corrected chi connectivity index (χ2v) is 6.91. The lowest BCUT2D eigenvalue weighted by molar-refractivity contribution is -0.385. The van der Waals surface area contributed by atoms with Crippen molar-refractivity contribution >= 4 is 17.2 Å². The number of ether oxygens (including phenoxy) is 1. The zero-order valence-electron chi connectivity index (χ0n) is 16.0. The van der Waals surface area contributed by atoms with E-state index >= 15 is 0 Å². The Morgan fingerprint density at radius 3 is 2.69 bits per heavy atom. The summed E-state index contributed by atoms with van der Waals surface area (Å²) in [5, 5.41) is 11.3. The maximum Gasteiger partial charge on any atom is 0.282 e. The number of pyridine rings is 1. The quantitative estimate of drug-likeness (QED) is 0.486. The minimum atomic E-state index is -0.535. The topological polar surface area (TPSA) is 93.2 Å². The number of benzene rings is 1. The molecule has 150 valence electrons. The van der Waals surface area contributed by atoms with Crippen LogP contribution in [0.25, 0.3) is 5.65 Å². The molecule has 0 N–H and O–H groups in total. The van der Waals surface area contributed by atoms with Crippen molar-refractivity contribution in [3.8, 4) is 5.75 Å². The van der Waals surface area contributed by atoms with Gasteiger partial charge < -0.3 is 14.0 Å². The lowest BCUT2D eigenvalue weighted by atomic mass is 10.1. The van der Waals surface area contributed by atoms with Crippen LogP contribution in [0.3, 0.4) is 0 Å². The molecule has 1 aromatic carbocycles. The Hall–Kier alpha value is -3.46. The predicted molar refractivity (Wildman–Crippen MR) is 106 cm³/mol. The third-order valence-corrected chi connectivity index (χ3v) is 5.09. The van der Waals surface area contributed by atoms with Crippen molar-refractivity contribution in [2.24, 2.45) is 0 Å². The number of hydrogen-bond donors (Lipinski definition) is 0. The SMILES string of the molecule is COc1ccc([N+](=O)[O-])c(C(=O)N2CCN(Cc3cn4ccccc4n3)CC2)c1. The molecule has 0 radical (unpaired) electrons. The average Bonchev–Trinajstić information content (AvgIpc) is 3.15. The van der Waals surface area contributed by atoms with Gasteiger partial charge in [-0.1, -0.05) is 6.07 Å². The maximum absolute atomic E-state index is 12.9. The smallest absolute Gasteiger partial charge is 0.282 e. The van der Waals surface area contributed by atoms with Crippen LogP contribution in [-0.2, 0) is 6.54 Å². The second-order valence-electron chi connectivity index (χ2n) is 6.91. The van der Waals surface area contributed by atoms with Crippen LogP contribution in [-0.4, -0.2) is 63.3 Å². The van der Waals surface area contributed by atoms with E-state index in [0.717, 1.165) is 11.3 Å². The minimum Gasteiger partial charge on any atom is -0.497 e. The molecule has 4 rings (SSSR count). The fourth-order valence-electron chi connectivity index (χ4n) is 3.54. The zero-order valence-corrected chi connectivity index (χ0v) is 16.0. The van der Waals surface area contributed by atoms with Crippen LogP contribution < -0.4 is 4.74 Å². The molecule has 1 aliphatic rings. The molecule has 1 saturated heterocycles. The van der Waals surface area contributed by atoms with Crippen LogP contribution in [0.5, 0.6) is 5.75 Å². The van der Waals surface area contributed by atoms with E-state index in [9.17, 15) is 14.9 Å². The first-order chi connectivity index (χ1) is 14.0. The Morgan fingerprint density at radius 2 is 2.00 bits per heavy atom. The summed E-state index contributed by atoms with van der Waals surface area (Å²) < 4.78 is 7.11. The van der Waals surface area contributed by atoms with E-state index < -0.39 is 4.92 Å². The van der Waals surface area contributed by atoms with Crippen molar-refractivity contribution in [1.29, 1.82) is 0 Å². The number of nitro groups is 1. The first kappa shape index (κ1) is 18.9. The summed E-state index contributed by atoms with van der Waals surface area (Å²) in [7, 11) is 1.47. The largest absolute Gasteiger partial charge is 0.497 e. The highest BCUT2D eigenvalue weighted by Gasteiger charge is 2.28. The fourth-order valence-corrected chi connectivity index (χ4v) is 3.54. The minimum absolute atomic E-state index is 0.0585. The van der Waals surface area contributed by atoms with Gasteiger partial charge in [-0.2, -0.15) is 0 Å². The van der Waals surface area contributed by atoms with Crippen LogP contribution >= 0.6 is 0 Å². The molecule has 1 fully saturated rings. The van der Waals surface area contributed by atoms with Gasteiger partial charge in [0.05, 0.1) is 17.7 Å². The van der Waals surface area contributed by atoms with E-state index in [0.29, 0.717) is 38.5 Å². The highest BCUT2D eigenvalue weighted by Crippen LogP contribution is 2.26. The molecule has 0 bridgehead atoms. The van der Waals surface area contributed by atoms with Crippen LogP contribution in [0.1, 0.15) is 16.1 Å². The Kier molecular flexibility index (Phi) is 5.13. The van der Waals surface area contributed by atoms with Crippen molar-refractivity contribution < 1.29 is 14.5 Å². The molecule has 1 aliphatic heterocycles. The number of imidazole rings is 1. The number of nitro benzene ring substituents is 1. The van der Waals surface area contributed by atoms with E-state index in [1.165, 1.54) is 25.3 Å². The van der Waals surface area contributed by atoms with Gasteiger partial charge in [-0.25, -0.2) is 4.98 Å². The number of rotatable bonds is 5. The van der Waals surface area contributed by atoms with Crippen molar-refractivity contribution in [2.75, 3.05) is 33.3 Å². The molecule has 0 aliphatic carbocycles. The van der Waals surface area contributed by atoms with Crippen LogP contribution in [0.2, 0.25) is 0 Å². The highest BCUT2D eigenvalue weighted by atomic mass is 16.6. The number of amides is 1. The van der Waals surface area contributed by atoms with Crippen LogP contribution in [0.15, 0.2) is 48.8 Å². The zero-order chi connectivity index (χ0) is 20.4. The van der Waals surface area contributed by atoms with Gasteiger partial charge in [0.2, 0.25) is 0 Å². The maximum atomic E-state index is 12.9. The summed E-state index contributed by atoms with van der Waals surface area (Å²) in [6, 6.07) is 10.1. The van der Waals surface area contributed by atoms with Crippen LogP contribution in [0.4, 0.5) is 5.69 Å². The number of piperazine rings is 1. The van der Waals surface area contributed by atoms with Gasteiger partial charge in [0.1, 0.15) is 17.0 Å². The van der Waals surface area contributed by atoms with Crippen molar-refractivity contribution in [3.05, 3.63) is 70.2 Å². The number of methoxy groups -OCH3 is 1. The first-order valence-corrected chi connectivity index (χ1v) is 9.32. The average molecular weight is 395 g/mol. The lowest BCUT2D eigenvalue weighted by Crippen LogP contribution is -2.48. The Balaban J connectivity index is 1.43. The molecule has 9 nitrogen and oxygen atoms in total. The highest BCUT2D eigenvalue weighted by molar-refractivity contribution is 5.98. The van der Waals surface area contributed by atoms with Gasteiger partial charge in [-0.05, 0) is 24.3 Å². The third-order valence-electron chi connectivity index (χ3n) is 5.09. The van der Waals surface area contributed by atoms with E-state index in [-0.39, 0.29) is 17.2 Å². The molecule has 0 spiro atoms. The van der Waals surface area contributed by atoms with Crippen LogP contribution in [0, 0.1) is 10.1 Å². The molecule has 0 saturated carbocycles. The normalized spacial score (nSPS) is 14.9. The number of fused-ring (bicyclic) bond motifs is 1. The molecule has 3 aromatic rings. The number of carbonyl (C=O) groups is 1. The van der Waals surface area contributed by atoms with Gasteiger partial charge in [-0.15, -0.1) is 0 Å². The van der Waals surface area contributed by atoms with Crippen molar-refractivity contribution in [2.45, 2.75) is 6.54 Å². The Labute approximate surface area is 167 Å². The second kappa shape index (κ2) is 7.88. The standard InChI is InChI=1S/C20H21N5O4/c1-29-16-5-6-18(25(27)28)17(12-16)20(26)23-10-8-22(9-11-23)13-15-14-24-7-3-2-4-19(24)21-15/h2-7,12,14H,8-11,13H2,1H3. The van der Waals surface area contributed by atoms with E-state index in [4.69, 9.17) is 4.74 Å². The number of aromatic nitrogens is 2. The molecule has 0 atom stereocenters. The molecular weight excluding hydrogens is 374 g/mol. The van der Waals surface area contributed by atoms with Gasteiger partial charge in [0, 0.05) is 51.2 Å². The van der Waals surface area contributed by atoms with Gasteiger partial charge in [0.15, 0.2) is 0 Å². The van der Waals surface area contributed by atoms with Gasteiger partial charge in [-0.3, -0.25) is 19.8 Å². The summed E-state index contributed by atoms with van der Waals surface area (Å²) in [6.45, 7) is 3.05. The number of nitrogens with zero attached hydrogens (tertiary/aromatic N) is 5. The Bertz CT molecular complexity index is 1020. The molecule has 0 unspecified atom stereocenters. The lowest BCUT2D eigenvalue weighted by Gasteiger charge is -2.34. The van der Waals surface area contributed by atoms with Gasteiger partial charge >= 0.3 is 0 Å². The fraction of sp³-hybridized carbons (Fsp3) is 0.300.